The summed E-state index contributed by atoms with van der Waals surface area (Å²) in [5.74, 6) is -1.90. The van der Waals surface area contributed by atoms with Crippen LogP contribution < -0.4 is 5.32 Å². The van der Waals surface area contributed by atoms with Crippen molar-refractivity contribution in [3.63, 3.8) is 0 Å². The van der Waals surface area contributed by atoms with Crippen LogP contribution in [0, 0.1) is 12.7 Å². The molecular weight excluding hydrogens is 337 g/mol. The van der Waals surface area contributed by atoms with Gasteiger partial charge in [-0.15, -0.1) is 0 Å². The highest BCUT2D eigenvalue weighted by Gasteiger charge is 2.46. The Morgan fingerprint density at radius 1 is 1.27 bits per heavy atom. The van der Waals surface area contributed by atoms with Crippen molar-refractivity contribution >= 4 is 11.9 Å². The molecule has 136 valence electrons. The van der Waals surface area contributed by atoms with Crippen molar-refractivity contribution in [1.29, 1.82) is 0 Å². The standard InChI is InChI=1S/C19H20FN3O3/c1-11-6-7-15(13(20)10-11)23-14-5-2-4-12(14)16(22-23)17(24)21-19(18(25)26)8-3-9-19/h6-7,10H,2-5,8-9H2,1H3,(H,21,24)(H,25,26). The highest BCUT2D eigenvalue weighted by Crippen LogP contribution is 2.34. The number of hydrogen-bond donors (Lipinski definition) is 2. The monoisotopic (exact) mass is 357 g/mol. The number of halogens is 1. The number of hydrogen-bond acceptors (Lipinski definition) is 3. The Hall–Kier alpha value is -2.70. The van der Waals surface area contributed by atoms with E-state index in [1.54, 1.807) is 12.1 Å². The van der Waals surface area contributed by atoms with Gasteiger partial charge < -0.3 is 10.4 Å². The van der Waals surface area contributed by atoms with E-state index < -0.39 is 23.2 Å². The number of nitrogens with zero attached hydrogens (tertiary/aromatic N) is 2. The maximum atomic E-state index is 14.4. The molecular formula is C19H20FN3O3. The molecule has 0 radical (unpaired) electrons. The number of carboxylic acid groups (broad SMARTS) is 1. The van der Waals surface area contributed by atoms with E-state index in [1.807, 2.05) is 6.92 Å². The maximum absolute atomic E-state index is 14.4. The van der Waals surface area contributed by atoms with E-state index in [0.717, 1.165) is 29.7 Å². The highest BCUT2D eigenvalue weighted by atomic mass is 19.1. The SMILES string of the molecule is Cc1ccc(-n2nc(C(=O)NC3(C(=O)O)CCC3)c3c2CCC3)c(F)c1. The van der Waals surface area contributed by atoms with Crippen molar-refractivity contribution in [2.75, 3.05) is 0 Å². The first kappa shape index (κ1) is 16.8. The van der Waals surface area contributed by atoms with Crippen LogP contribution in [0.4, 0.5) is 4.39 Å². The van der Waals surface area contributed by atoms with E-state index in [1.165, 1.54) is 10.7 Å². The predicted octanol–water partition coefficient (Wildman–Crippen LogP) is 2.55. The summed E-state index contributed by atoms with van der Waals surface area (Å²) in [5.41, 5.74) is 1.76. The summed E-state index contributed by atoms with van der Waals surface area (Å²) in [7, 11) is 0. The minimum atomic E-state index is -1.19. The number of carbonyl (C=O) groups excluding carboxylic acids is 1. The number of rotatable bonds is 4. The van der Waals surface area contributed by atoms with Crippen LogP contribution in [0.1, 0.15) is 53.0 Å². The van der Waals surface area contributed by atoms with E-state index in [-0.39, 0.29) is 5.69 Å². The summed E-state index contributed by atoms with van der Waals surface area (Å²) in [5, 5.41) is 16.5. The molecule has 2 N–H and O–H groups in total. The molecule has 2 aliphatic carbocycles. The number of amides is 1. The summed E-state index contributed by atoms with van der Waals surface area (Å²) in [6.45, 7) is 1.81. The topological polar surface area (TPSA) is 84.2 Å². The molecule has 0 atom stereocenters. The van der Waals surface area contributed by atoms with Crippen LogP contribution in [0.5, 0.6) is 0 Å². The van der Waals surface area contributed by atoms with Crippen LogP contribution in [-0.2, 0) is 17.6 Å². The van der Waals surface area contributed by atoms with Crippen molar-refractivity contribution in [3.05, 3.63) is 46.5 Å². The summed E-state index contributed by atoms with van der Waals surface area (Å²) >= 11 is 0. The van der Waals surface area contributed by atoms with Crippen LogP contribution in [0.25, 0.3) is 5.69 Å². The fourth-order valence-electron chi connectivity index (χ4n) is 3.80. The minimum absolute atomic E-state index is 0.213. The van der Waals surface area contributed by atoms with Crippen molar-refractivity contribution in [2.45, 2.75) is 51.0 Å². The molecule has 1 amide bonds. The number of benzene rings is 1. The molecule has 0 unspecified atom stereocenters. The average Bonchev–Trinajstić information content (AvgIpc) is 3.13. The third kappa shape index (κ3) is 2.50. The van der Waals surface area contributed by atoms with Crippen molar-refractivity contribution in [3.8, 4) is 5.69 Å². The van der Waals surface area contributed by atoms with Gasteiger partial charge in [0, 0.05) is 11.3 Å². The summed E-state index contributed by atoms with van der Waals surface area (Å²) < 4.78 is 15.9. The quantitative estimate of drug-likeness (QED) is 0.881. The van der Waals surface area contributed by atoms with E-state index in [0.29, 0.717) is 31.4 Å². The van der Waals surface area contributed by atoms with Crippen LogP contribution in [0.15, 0.2) is 18.2 Å². The molecule has 26 heavy (non-hydrogen) atoms. The number of carbonyl (C=O) groups is 2. The Morgan fingerprint density at radius 3 is 2.65 bits per heavy atom. The third-order valence-electron chi connectivity index (χ3n) is 5.45. The smallest absolute Gasteiger partial charge is 0.329 e. The second kappa shape index (κ2) is 5.93. The van der Waals surface area contributed by atoms with Crippen molar-refractivity contribution in [2.24, 2.45) is 0 Å². The zero-order chi connectivity index (χ0) is 18.5. The lowest BCUT2D eigenvalue weighted by Crippen LogP contribution is -2.59. The summed E-state index contributed by atoms with van der Waals surface area (Å²) in [6.07, 6.45) is 3.88. The van der Waals surface area contributed by atoms with E-state index in [2.05, 4.69) is 10.4 Å². The molecule has 7 heteroatoms. The number of fused-ring (bicyclic) bond motifs is 1. The first-order valence-corrected chi connectivity index (χ1v) is 8.84. The van der Waals surface area contributed by atoms with Gasteiger partial charge in [0.15, 0.2) is 5.69 Å². The minimum Gasteiger partial charge on any atom is -0.480 e. The van der Waals surface area contributed by atoms with Crippen molar-refractivity contribution in [1.82, 2.24) is 15.1 Å². The molecule has 1 fully saturated rings. The Balaban J connectivity index is 1.72. The molecule has 2 aliphatic rings. The molecule has 1 aromatic heterocycles. The molecule has 0 saturated heterocycles. The van der Waals surface area contributed by atoms with Gasteiger partial charge in [-0.2, -0.15) is 5.10 Å². The molecule has 1 saturated carbocycles. The van der Waals surface area contributed by atoms with Gasteiger partial charge in [-0.25, -0.2) is 13.9 Å². The van der Waals surface area contributed by atoms with Crippen LogP contribution in [0.3, 0.4) is 0 Å². The fourth-order valence-corrected chi connectivity index (χ4v) is 3.80. The van der Waals surface area contributed by atoms with Crippen LogP contribution >= 0.6 is 0 Å². The van der Waals surface area contributed by atoms with E-state index in [4.69, 9.17) is 0 Å². The van der Waals surface area contributed by atoms with Crippen LogP contribution in [-0.4, -0.2) is 32.3 Å². The number of aliphatic carboxylic acids is 1. The van der Waals surface area contributed by atoms with Gasteiger partial charge in [-0.05, 0) is 63.1 Å². The van der Waals surface area contributed by atoms with Gasteiger partial charge in [0.1, 0.15) is 17.0 Å². The second-order valence-electron chi connectivity index (χ2n) is 7.19. The summed E-state index contributed by atoms with van der Waals surface area (Å²) in [4.78, 5) is 24.3. The van der Waals surface area contributed by atoms with Gasteiger partial charge in [0.05, 0.1) is 0 Å². The first-order valence-electron chi connectivity index (χ1n) is 8.84. The van der Waals surface area contributed by atoms with Gasteiger partial charge in [-0.3, -0.25) is 4.79 Å². The highest BCUT2D eigenvalue weighted by molar-refractivity contribution is 5.98. The Kier molecular flexibility index (Phi) is 3.82. The average molecular weight is 357 g/mol. The van der Waals surface area contributed by atoms with E-state index in [9.17, 15) is 19.1 Å². The molecule has 4 rings (SSSR count). The first-order chi connectivity index (χ1) is 12.4. The number of aryl methyl sites for hydroxylation is 1. The number of nitrogens with one attached hydrogen (secondary N) is 1. The predicted molar refractivity (Wildman–Crippen MR) is 92.0 cm³/mol. The molecule has 2 aromatic rings. The Bertz CT molecular complexity index is 915. The largest absolute Gasteiger partial charge is 0.480 e. The zero-order valence-electron chi connectivity index (χ0n) is 14.5. The second-order valence-corrected chi connectivity index (χ2v) is 7.19. The van der Waals surface area contributed by atoms with Gasteiger partial charge in [0.25, 0.3) is 5.91 Å². The number of carboxylic acids is 1. The van der Waals surface area contributed by atoms with Gasteiger partial charge >= 0.3 is 5.97 Å². The Labute approximate surface area is 150 Å². The van der Waals surface area contributed by atoms with Gasteiger partial charge in [0.2, 0.25) is 0 Å². The normalized spacial score (nSPS) is 17.5. The molecule has 0 aliphatic heterocycles. The lowest BCUT2D eigenvalue weighted by Gasteiger charge is -2.38. The van der Waals surface area contributed by atoms with E-state index >= 15 is 0 Å². The molecule has 1 heterocycles. The summed E-state index contributed by atoms with van der Waals surface area (Å²) in [6, 6.07) is 4.89. The molecule has 1 aromatic carbocycles. The molecule has 6 nitrogen and oxygen atoms in total. The molecule has 0 bridgehead atoms. The third-order valence-corrected chi connectivity index (χ3v) is 5.45. The zero-order valence-corrected chi connectivity index (χ0v) is 14.5. The lowest BCUT2D eigenvalue weighted by molar-refractivity contribution is -0.148. The maximum Gasteiger partial charge on any atom is 0.329 e. The van der Waals surface area contributed by atoms with Crippen LogP contribution in [0.2, 0.25) is 0 Å². The van der Waals surface area contributed by atoms with Gasteiger partial charge in [-0.1, -0.05) is 6.07 Å². The lowest BCUT2D eigenvalue weighted by atomic mass is 9.76. The molecule has 0 spiro atoms. The Morgan fingerprint density at radius 2 is 2.04 bits per heavy atom. The fraction of sp³-hybridized carbons (Fsp3) is 0.421. The number of aromatic nitrogens is 2. The van der Waals surface area contributed by atoms with Crippen molar-refractivity contribution < 1.29 is 19.1 Å².